The van der Waals surface area contributed by atoms with Crippen LogP contribution in [0.15, 0.2) is 182 Å². The van der Waals surface area contributed by atoms with Crippen molar-refractivity contribution in [2.75, 3.05) is 0 Å². The van der Waals surface area contributed by atoms with E-state index in [1.807, 2.05) is 0 Å². The van der Waals surface area contributed by atoms with Gasteiger partial charge in [0.25, 0.3) is 0 Å². The van der Waals surface area contributed by atoms with Crippen molar-refractivity contribution in [2.45, 2.75) is 101 Å². The van der Waals surface area contributed by atoms with Crippen LogP contribution in [0.1, 0.15) is 123 Å². The van der Waals surface area contributed by atoms with Crippen molar-refractivity contribution in [3.8, 4) is 0 Å². The van der Waals surface area contributed by atoms with Crippen LogP contribution in [0.2, 0.25) is 0 Å². The number of rotatable bonds is 20. The van der Waals surface area contributed by atoms with Gasteiger partial charge in [-0.1, -0.05) is 247 Å². The first-order chi connectivity index (χ1) is 26.2. The van der Waals surface area contributed by atoms with Gasteiger partial charge in [-0.3, -0.25) is 0 Å². The summed E-state index contributed by atoms with van der Waals surface area (Å²) in [6, 6.07) is 67.1. The maximum absolute atomic E-state index is 8.72. The molecule has 0 bridgehead atoms. The third kappa shape index (κ3) is 8.75. The summed E-state index contributed by atoms with van der Waals surface area (Å²) in [7, 11) is 0. The Balaban J connectivity index is 1.73. The topological polar surface area (TPSA) is 9.23 Å². The third-order valence-corrected chi connectivity index (χ3v) is 11.2. The molecule has 0 N–H and O–H groups in total. The lowest BCUT2D eigenvalue weighted by Crippen LogP contribution is -2.49. The average Bonchev–Trinajstić information content (AvgIpc) is 3.24. The molecule has 0 aliphatic heterocycles. The number of hydrogen-bond donors (Lipinski definition) is 0. The van der Waals surface area contributed by atoms with Gasteiger partial charge in [-0.25, -0.2) is 0 Å². The van der Waals surface area contributed by atoms with E-state index in [0.29, 0.717) is 0 Å². The SMILES string of the molecule is CCCCCCC(c1ccccc1)C(OC(c1ccccc1)(c1ccccc1)C(CCCCCC)c1ccccc1)(c1ccccc1)c1ccccc1. The smallest absolute Gasteiger partial charge is 0.127 e. The van der Waals surface area contributed by atoms with Crippen molar-refractivity contribution in [3.05, 3.63) is 215 Å². The van der Waals surface area contributed by atoms with E-state index in [0.717, 1.165) is 25.7 Å². The van der Waals surface area contributed by atoms with Gasteiger partial charge in [0.15, 0.2) is 0 Å². The van der Waals surface area contributed by atoms with E-state index in [2.05, 4.69) is 196 Å². The van der Waals surface area contributed by atoms with Crippen molar-refractivity contribution in [1.29, 1.82) is 0 Å². The quantitative estimate of drug-likeness (QED) is 0.0721. The number of ether oxygens (including phenoxy) is 1. The van der Waals surface area contributed by atoms with E-state index >= 15 is 0 Å². The van der Waals surface area contributed by atoms with Gasteiger partial charge in [0.1, 0.15) is 11.2 Å². The average molecular weight is 699 g/mol. The molecule has 0 saturated heterocycles. The van der Waals surface area contributed by atoms with Crippen molar-refractivity contribution in [2.24, 2.45) is 0 Å². The molecule has 6 rings (SSSR count). The van der Waals surface area contributed by atoms with Crippen molar-refractivity contribution >= 4 is 0 Å². The predicted octanol–water partition coefficient (Wildman–Crippen LogP) is 14.4. The number of unbranched alkanes of at least 4 members (excludes halogenated alkanes) is 6. The first-order valence-electron chi connectivity index (χ1n) is 20.3. The summed E-state index contributed by atoms with van der Waals surface area (Å²) in [5, 5.41) is 0. The summed E-state index contributed by atoms with van der Waals surface area (Å²) >= 11 is 0. The second-order valence-electron chi connectivity index (χ2n) is 14.7. The fourth-order valence-corrected chi connectivity index (χ4v) is 8.64. The molecule has 0 aliphatic rings. The monoisotopic (exact) mass is 698 g/mol. The Morgan fingerprint density at radius 1 is 0.340 bits per heavy atom. The van der Waals surface area contributed by atoms with Gasteiger partial charge in [-0.15, -0.1) is 0 Å². The van der Waals surface area contributed by atoms with E-state index in [1.54, 1.807) is 0 Å². The van der Waals surface area contributed by atoms with Gasteiger partial charge in [-0.2, -0.15) is 0 Å². The summed E-state index contributed by atoms with van der Waals surface area (Å²) in [6.07, 6.45) is 11.5. The Morgan fingerprint density at radius 3 is 0.868 bits per heavy atom. The van der Waals surface area contributed by atoms with Gasteiger partial charge in [0, 0.05) is 11.8 Å². The Bertz CT molecular complexity index is 1630. The zero-order valence-electron chi connectivity index (χ0n) is 32.0. The zero-order valence-corrected chi connectivity index (χ0v) is 32.0. The molecule has 1 nitrogen and oxygen atoms in total. The van der Waals surface area contributed by atoms with Gasteiger partial charge in [0.2, 0.25) is 0 Å². The minimum atomic E-state index is -0.849. The molecule has 6 aromatic rings. The Labute approximate surface area is 320 Å². The van der Waals surface area contributed by atoms with Crippen molar-refractivity contribution in [1.82, 2.24) is 0 Å². The summed E-state index contributed by atoms with van der Waals surface area (Å²) < 4.78 is 8.72. The fraction of sp³-hybridized carbons (Fsp3) is 0.308. The van der Waals surface area contributed by atoms with Crippen molar-refractivity contribution in [3.63, 3.8) is 0 Å². The Kier molecular flexibility index (Phi) is 13.9. The molecular formula is C52H58O. The molecule has 53 heavy (non-hydrogen) atoms. The maximum atomic E-state index is 8.72. The Morgan fingerprint density at radius 2 is 0.604 bits per heavy atom. The zero-order chi connectivity index (χ0) is 36.6. The van der Waals surface area contributed by atoms with Gasteiger partial charge >= 0.3 is 0 Å². The lowest BCUT2D eigenvalue weighted by atomic mass is 9.66. The van der Waals surface area contributed by atoms with Crippen LogP contribution >= 0.6 is 0 Å². The predicted molar refractivity (Wildman–Crippen MR) is 224 cm³/mol. The molecule has 0 aromatic heterocycles. The first kappa shape index (κ1) is 38.0. The summed E-state index contributed by atoms with van der Waals surface area (Å²) in [4.78, 5) is 0. The largest absolute Gasteiger partial charge is 0.348 e. The van der Waals surface area contributed by atoms with E-state index < -0.39 is 11.2 Å². The molecule has 6 aromatic carbocycles. The van der Waals surface area contributed by atoms with E-state index in [-0.39, 0.29) is 11.8 Å². The fourth-order valence-electron chi connectivity index (χ4n) is 8.64. The van der Waals surface area contributed by atoms with Crippen LogP contribution in [0.25, 0.3) is 0 Å². The van der Waals surface area contributed by atoms with Gasteiger partial charge in [-0.05, 0) is 46.2 Å². The molecule has 2 unspecified atom stereocenters. The van der Waals surface area contributed by atoms with Gasteiger partial charge in [0.05, 0.1) is 0 Å². The van der Waals surface area contributed by atoms with E-state index in [9.17, 15) is 0 Å². The number of hydrogen-bond acceptors (Lipinski definition) is 1. The minimum absolute atomic E-state index is 0.0358. The van der Waals surface area contributed by atoms with Crippen LogP contribution in [-0.4, -0.2) is 0 Å². The highest BCUT2D eigenvalue weighted by Crippen LogP contribution is 2.58. The number of benzene rings is 6. The summed E-state index contributed by atoms with van der Waals surface area (Å²) in [6.45, 7) is 4.60. The normalized spacial score (nSPS) is 13.0. The molecule has 2 atom stereocenters. The maximum Gasteiger partial charge on any atom is 0.127 e. The highest BCUT2D eigenvalue weighted by atomic mass is 16.5. The standard InChI is InChI=1S/C52H58O/c1-3-5-7-27-41-49(43-29-15-9-16-30-43)51(45-33-19-11-20-34-45,46-35-21-12-22-36-46)53-52(47-37-23-13-24-38-47,48-39-25-14-26-40-48)50(42-28-8-6-4-2)44-31-17-10-18-32-44/h9-26,29-40,49-50H,3-8,27-28,41-42H2,1-2H3. The van der Waals surface area contributed by atoms with Crippen LogP contribution in [0.3, 0.4) is 0 Å². The van der Waals surface area contributed by atoms with Crippen LogP contribution in [0.4, 0.5) is 0 Å². The van der Waals surface area contributed by atoms with E-state index in [1.165, 1.54) is 71.9 Å². The third-order valence-electron chi connectivity index (χ3n) is 11.2. The molecule has 1 heteroatoms. The highest BCUT2D eigenvalue weighted by molar-refractivity contribution is 5.48. The molecule has 0 amide bonds. The molecule has 0 fully saturated rings. The second-order valence-corrected chi connectivity index (χ2v) is 14.7. The lowest BCUT2D eigenvalue weighted by Gasteiger charge is -2.52. The molecule has 0 saturated carbocycles. The molecule has 272 valence electrons. The summed E-state index contributed by atoms with van der Waals surface area (Å²) in [5.74, 6) is 0.0716. The molecule has 0 spiro atoms. The molecular weight excluding hydrogens is 641 g/mol. The summed E-state index contributed by atoms with van der Waals surface area (Å²) in [5.41, 5.74) is 5.66. The highest BCUT2D eigenvalue weighted by Gasteiger charge is 2.54. The van der Waals surface area contributed by atoms with Crippen LogP contribution in [0.5, 0.6) is 0 Å². The minimum Gasteiger partial charge on any atom is -0.348 e. The van der Waals surface area contributed by atoms with Crippen molar-refractivity contribution < 1.29 is 4.74 Å². The molecule has 0 aliphatic carbocycles. The molecule has 0 radical (unpaired) electrons. The molecule has 0 heterocycles. The van der Waals surface area contributed by atoms with Crippen LogP contribution in [0, 0.1) is 0 Å². The second kappa shape index (κ2) is 19.4. The van der Waals surface area contributed by atoms with Crippen LogP contribution in [-0.2, 0) is 15.9 Å². The van der Waals surface area contributed by atoms with Gasteiger partial charge < -0.3 is 4.74 Å². The van der Waals surface area contributed by atoms with Crippen LogP contribution < -0.4 is 0 Å². The van der Waals surface area contributed by atoms with E-state index in [4.69, 9.17) is 4.74 Å². The lowest BCUT2D eigenvalue weighted by molar-refractivity contribution is -0.154. The first-order valence-corrected chi connectivity index (χ1v) is 20.3. The Hall–Kier alpha value is -4.72.